The smallest absolute Gasteiger partial charge is 0.332 e. The minimum absolute atomic E-state index is 0.0403. The molecule has 1 heterocycles. The lowest BCUT2D eigenvalue weighted by Gasteiger charge is -2.38. The molecule has 1 atom stereocenters. The van der Waals surface area contributed by atoms with Crippen LogP contribution in [0.5, 0.6) is 11.5 Å². The molecule has 164 valence electrons. The molecule has 1 aliphatic heterocycles. The highest BCUT2D eigenvalue weighted by atomic mass is 16.7. The lowest BCUT2D eigenvalue weighted by Crippen LogP contribution is -2.38. The molecule has 0 aromatic heterocycles. The highest BCUT2D eigenvalue weighted by Gasteiger charge is 2.34. The molecule has 1 aromatic rings. The van der Waals surface area contributed by atoms with Crippen LogP contribution in [0, 0.1) is 20.8 Å². The summed E-state index contributed by atoms with van der Waals surface area (Å²) < 4.78 is 28.2. The molecule has 0 saturated carbocycles. The average Bonchev–Trinajstić information content (AvgIpc) is 2.62. The third kappa shape index (κ3) is 6.09. The number of ether oxygens (including phenoxy) is 5. The Bertz CT molecular complexity index is 734. The Balaban J connectivity index is 2.01. The number of methoxy groups -OCH3 is 1. The second-order valence-corrected chi connectivity index (χ2v) is 9.00. The van der Waals surface area contributed by atoms with Gasteiger partial charge in [-0.15, -0.1) is 0 Å². The van der Waals surface area contributed by atoms with E-state index in [9.17, 15) is 4.79 Å². The van der Waals surface area contributed by atoms with Gasteiger partial charge in [-0.25, -0.2) is 4.79 Å². The van der Waals surface area contributed by atoms with Gasteiger partial charge >= 0.3 is 5.97 Å². The summed E-state index contributed by atoms with van der Waals surface area (Å²) in [6.07, 6.45) is 2.49. The Morgan fingerprint density at radius 2 is 1.83 bits per heavy atom. The number of carbonyl (C=O) groups excluding carboxylic acids is 1. The van der Waals surface area contributed by atoms with Gasteiger partial charge in [-0.3, -0.25) is 0 Å². The Kier molecular flexibility index (Phi) is 7.57. The van der Waals surface area contributed by atoms with Gasteiger partial charge in [0.2, 0.25) is 0 Å². The molecule has 6 nitrogen and oxygen atoms in total. The van der Waals surface area contributed by atoms with Crippen LogP contribution in [0.3, 0.4) is 0 Å². The molecular weight excluding hydrogens is 372 g/mol. The van der Waals surface area contributed by atoms with E-state index in [-0.39, 0.29) is 25.0 Å². The number of rotatable bonds is 8. The lowest BCUT2D eigenvalue weighted by molar-refractivity contribution is -0.160. The third-order valence-corrected chi connectivity index (χ3v) is 5.30. The second kappa shape index (κ2) is 9.35. The van der Waals surface area contributed by atoms with E-state index in [0.717, 1.165) is 41.0 Å². The van der Waals surface area contributed by atoms with E-state index >= 15 is 0 Å². The Morgan fingerprint density at radius 1 is 1.14 bits per heavy atom. The SMILES string of the molecule is COCOc1c(C)c(C)c2c(c1C)CCC(C)(CCOCC(=O)OC(C)(C)C)O2. The van der Waals surface area contributed by atoms with Crippen molar-refractivity contribution < 1.29 is 28.5 Å². The summed E-state index contributed by atoms with van der Waals surface area (Å²) in [4.78, 5) is 11.8. The molecular formula is C23H36O6. The quantitative estimate of drug-likeness (QED) is 0.360. The predicted octanol–water partition coefficient (Wildman–Crippen LogP) is 4.43. The summed E-state index contributed by atoms with van der Waals surface area (Å²) in [7, 11) is 1.62. The summed E-state index contributed by atoms with van der Waals surface area (Å²) in [5.74, 6) is 1.49. The molecule has 29 heavy (non-hydrogen) atoms. The highest BCUT2D eigenvalue weighted by Crippen LogP contribution is 2.44. The van der Waals surface area contributed by atoms with Crippen LogP contribution >= 0.6 is 0 Å². The van der Waals surface area contributed by atoms with Gasteiger partial charge in [0, 0.05) is 19.1 Å². The van der Waals surface area contributed by atoms with Crippen molar-refractivity contribution in [2.24, 2.45) is 0 Å². The van der Waals surface area contributed by atoms with Crippen molar-refractivity contribution in [1.82, 2.24) is 0 Å². The van der Waals surface area contributed by atoms with E-state index in [1.165, 1.54) is 5.56 Å². The third-order valence-electron chi connectivity index (χ3n) is 5.30. The lowest BCUT2D eigenvalue weighted by atomic mass is 9.86. The molecule has 0 bridgehead atoms. The number of carbonyl (C=O) groups is 1. The maximum atomic E-state index is 11.8. The average molecular weight is 409 g/mol. The van der Waals surface area contributed by atoms with Gasteiger partial charge in [0.25, 0.3) is 0 Å². The van der Waals surface area contributed by atoms with Gasteiger partial charge in [0.1, 0.15) is 29.3 Å². The number of hydrogen-bond donors (Lipinski definition) is 0. The number of hydrogen-bond acceptors (Lipinski definition) is 6. The minimum Gasteiger partial charge on any atom is -0.487 e. The van der Waals surface area contributed by atoms with Crippen molar-refractivity contribution in [3.63, 3.8) is 0 Å². The molecule has 6 heteroatoms. The van der Waals surface area contributed by atoms with Crippen molar-refractivity contribution in [3.05, 3.63) is 22.3 Å². The molecule has 1 aromatic carbocycles. The maximum Gasteiger partial charge on any atom is 0.332 e. The van der Waals surface area contributed by atoms with Gasteiger partial charge in [0.15, 0.2) is 6.79 Å². The van der Waals surface area contributed by atoms with E-state index in [0.29, 0.717) is 13.0 Å². The van der Waals surface area contributed by atoms with E-state index < -0.39 is 5.60 Å². The summed E-state index contributed by atoms with van der Waals surface area (Å²) in [6.45, 7) is 14.5. The predicted molar refractivity (Wildman–Crippen MR) is 112 cm³/mol. The monoisotopic (exact) mass is 408 g/mol. The zero-order chi connectivity index (χ0) is 21.8. The molecule has 1 aliphatic rings. The fourth-order valence-electron chi connectivity index (χ4n) is 3.61. The first kappa shape index (κ1) is 23.5. The van der Waals surface area contributed by atoms with Gasteiger partial charge in [-0.1, -0.05) is 0 Å². The van der Waals surface area contributed by atoms with Crippen LogP contribution in [0.2, 0.25) is 0 Å². The molecule has 2 rings (SSSR count). The van der Waals surface area contributed by atoms with Crippen molar-refractivity contribution in [2.75, 3.05) is 27.1 Å². The van der Waals surface area contributed by atoms with E-state index in [4.69, 9.17) is 23.7 Å². The first-order valence-corrected chi connectivity index (χ1v) is 10.2. The molecule has 0 saturated heterocycles. The molecule has 0 aliphatic carbocycles. The van der Waals surface area contributed by atoms with Crippen LogP contribution in [0.25, 0.3) is 0 Å². The first-order chi connectivity index (χ1) is 13.5. The summed E-state index contributed by atoms with van der Waals surface area (Å²) in [6, 6.07) is 0. The topological polar surface area (TPSA) is 63.2 Å². The van der Waals surface area contributed by atoms with Crippen molar-refractivity contribution in [1.29, 1.82) is 0 Å². The van der Waals surface area contributed by atoms with Crippen LogP contribution in [0.1, 0.15) is 62.8 Å². The minimum atomic E-state index is -0.498. The van der Waals surface area contributed by atoms with Crippen molar-refractivity contribution in [3.8, 4) is 11.5 Å². The zero-order valence-corrected chi connectivity index (χ0v) is 19.2. The van der Waals surface area contributed by atoms with Crippen LogP contribution in [-0.2, 0) is 25.4 Å². The fourth-order valence-corrected chi connectivity index (χ4v) is 3.61. The van der Waals surface area contributed by atoms with E-state index in [1.54, 1.807) is 7.11 Å². The largest absolute Gasteiger partial charge is 0.487 e. The van der Waals surface area contributed by atoms with Gasteiger partial charge in [-0.2, -0.15) is 0 Å². The van der Waals surface area contributed by atoms with Crippen molar-refractivity contribution >= 4 is 5.97 Å². The molecule has 0 spiro atoms. The van der Waals surface area contributed by atoms with Crippen LogP contribution < -0.4 is 9.47 Å². The molecule has 1 unspecified atom stereocenters. The number of esters is 1. The molecule has 0 amide bonds. The summed E-state index contributed by atoms with van der Waals surface area (Å²) in [5.41, 5.74) is 3.65. The van der Waals surface area contributed by atoms with Crippen LogP contribution in [-0.4, -0.2) is 44.3 Å². The molecule has 0 N–H and O–H groups in total. The first-order valence-electron chi connectivity index (χ1n) is 10.2. The Labute approximate surface area is 174 Å². The van der Waals surface area contributed by atoms with Crippen LogP contribution in [0.4, 0.5) is 0 Å². The Hall–Kier alpha value is -1.79. The van der Waals surface area contributed by atoms with E-state index in [2.05, 4.69) is 20.8 Å². The summed E-state index contributed by atoms with van der Waals surface area (Å²) >= 11 is 0. The van der Waals surface area contributed by atoms with E-state index in [1.807, 2.05) is 27.7 Å². The molecule has 0 radical (unpaired) electrons. The van der Waals surface area contributed by atoms with Gasteiger partial charge < -0.3 is 23.7 Å². The standard InChI is InChI=1S/C23H36O6/c1-15-16(2)21-18(17(3)20(15)27-14-25-8)9-10-23(7,29-21)11-12-26-13-19(24)28-22(4,5)6/h9-14H2,1-8H3. The maximum absolute atomic E-state index is 11.8. The van der Waals surface area contributed by atoms with Gasteiger partial charge in [-0.05, 0) is 78.0 Å². The fraction of sp³-hybridized carbons (Fsp3) is 0.696. The normalized spacial score (nSPS) is 18.8. The van der Waals surface area contributed by atoms with Crippen molar-refractivity contribution in [2.45, 2.75) is 78.9 Å². The zero-order valence-electron chi connectivity index (χ0n) is 19.2. The van der Waals surface area contributed by atoms with Gasteiger partial charge in [0.05, 0.1) is 6.61 Å². The Morgan fingerprint density at radius 3 is 2.45 bits per heavy atom. The molecule has 0 fully saturated rings. The highest BCUT2D eigenvalue weighted by molar-refractivity contribution is 5.71. The number of fused-ring (bicyclic) bond motifs is 1. The summed E-state index contributed by atoms with van der Waals surface area (Å²) in [5, 5.41) is 0. The van der Waals surface area contributed by atoms with Crippen LogP contribution in [0.15, 0.2) is 0 Å². The number of benzene rings is 1. The second-order valence-electron chi connectivity index (χ2n) is 9.00.